The van der Waals surface area contributed by atoms with Crippen LogP contribution in [0.5, 0.6) is 0 Å². The van der Waals surface area contributed by atoms with E-state index in [9.17, 15) is 9.59 Å². The summed E-state index contributed by atoms with van der Waals surface area (Å²) >= 11 is 0. The molecule has 1 unspecified atom stereocenters. The molecule has 1 aromatic heterocycles. The molecule has 2 aromatic rings. The van der Waals surface area contributed by atoms with Gasteiger partial charge in [-0.15, -0.1) is 0 Å². The Kier molecular flexibility index (Phi) is 7.95. The van der Waals surface area contributed by atoms with Crippen molar-refractivity contribution >= 4 is 23.3 Å². The van der Waals surface area contributed by atoms with Crippen LogP contribution in [0.2, 0.25) is 0 Å². The Bertz CT molecular complexity index is 795. The lowest BCUT2D eigenvalue weighted by Gasteiger charge is -2.29. The largest absolute Gasteiger partial charge is 0.375 e. The molecule has 0 saturated heterocycles. The van der Waals surface area contributed by atoms with Gasteiger partial charge in [-0.2, -0.15) is 0 Å². The molecule has 7 heteroatoms. The highest BCUT2D eigenvalue weighted by Gasteiger charge is 2.20. The first kappa shape index (κ1) is 21.4. The van der Waals surface area contributed by atoms with E-state index in [4.69, 9.17) is 4.74 Å². The number of hydrogen-bond donors (Lipinski definition) is 2. The maximum Gasteiger partial charge on any atom is 0.322 e. The van der Waals surface area contributed by atoms with E-state index >= 15 is 0 Å². The molecule has 7 nitrogen and oxygen atoms in total. The zero-order chi connectivity index (χ0) is 20.5. The number of pyridine rings is 1. The summed E-state index contributed by atoms with van der Waals surface area (Å²) in [6, 6.07) is 10.9. The average Bonchev–Trinajstić information content (AvgIpc) is 2.69. The van der Waals surface area contributed by atoms with Gasteiger partial charge in [0.25, 0.3) is 0 Å². The first-order valence-corrected chi connectivity index (χ1v) is 9.31. The monoisotopic (exact) mass is 384 g/mol. The van der Waals surface area contributed by atoms with Crippen LogP contribution in [0.15, 0.2) is 42.6 Å². The number of aromatic nitrogens is 1. The molecule has 1 atom stereocenters. The number of anilines is 2. The third kappa shape index (κ3) is 6.06. The van der Waals surface area contributed by atoms with Gasteiger partial charge in [0.05, 0.1) is 12.2 Å². The van der Waals surface area contributed by atoms with E-state index in [1.165, 1.54) is 7.11 Å². The number of hydrogen-bond acceptors (Lipinski definition) is 4. The minimum Gasteiger partial charge on any atom is -0.375 e. The first-order valence-electron chi connectivity index (χ1n) is 9.31. The summed E-state index contributed by atoms with van der Waals surface area (Å²) in [7, 11) is 1.46. The Morgan fingerprint density at radius 3 is 2.64 bits per heavy atom. The summed E-state index contributed by atoms with van der Waals surface area (Å²) < 4.78 is 4.83. The van der Waals surface area contributed by atoms with Gasteiger partial charge in [-0.05, 0) is 50.1 Å². The van der Waals surface area contributed by atoms with Gasteiger partial charge in [0, 0.05) is 30.7 Å². The van der Waals surface area contributed by atoms with Gasteiger partial charge < -0.3 is 20.3 Å². The second-order valence-electron chi connectivity index (χ2n) is 6.65. The van der Waals surface area contributed by atoms with Crippen molar-refractivity contribution in [1.29, 1.82) is 0 Å². The molecule has 3 amide bonds. The number of urea groups is 1. The number of carbonyl (C=O) groups is 2. The normalized spacial score (nSPS) is 11.6. The predicted molar refractivity (Wildman–Crippen MR) is 110 cm³/mol. The number of rotatable bonds is 8. The summed E-state index contributed by atoms with van der Waals surface area (Å²) in [4.78, 5) is 30.8. The third-order valence-electron chi connectivity index (χ3n) is 4.48. The lowest BCUT2D eigenvalue weighted by molar-refractivity contribution is -0.119. The molecular formula is C21H28N4O3. The van der Waals surface area contributed by atoms with Crippen molar-refractivity contribution in [3.05, 3.63) is 53.9 Å². The van der Waals surface area contributed by atoms with E-state index in [2.05, 4.69) is 15.6 Å². The Morgan fingerprint density at radius 2 is 2.00 bits per heavy atom. The van der Waals surface area contributed by atoms with Gasteiger partial charge in [-0.25, -0.2) is 4.79 Å². The van der Waals surface area contributed by atoms with Crippen molar-refractivity contribution in [2.24, 2.45) is 0 Å². The molecule has 0 spiro atoms. The van der Waals surface area contributed by atoms with Crippen LogP contribution >= 0.6 is 0 Å². The molecule has 0 radical (unpaired) electrons. The van der Waals surface area contributed by atoms with E-state index in [0.717, 1.165) is 17.7 Å². The molecule has 0 saturated carbocycles. The van der Waals surface area contributed by atoms with Gasteiger partial charge >= 0.3 is 6.03 Å². The number of nitrogens with zero attached hydrogens (tertiary/aromatic N) is 2. The predicted octanol–water partition coefficient (Wildman–Crippen LogP) is 3.81. The van der Waals surface area contributed by atoms with E-state index in [-0.39, 0.29) is 24.6 Å². The fourth-order valence-corrected chi connectivity index (χ4v) is 2.66. The molecular weight excluding hydrogens is 356 g/mol. The molecule has 0 bridgehead atoms. The SMILES string of the molecule is CCC(C)N(Cc1ccccn1)C(=O)Nc1cc(NC(=O)COC)ccc1C. The van der Waals surface area contributed by atoms with Crippen molar-refractivity contribution in [2.75, 3.05) is 24.4 Å². The average molecular weight is 384 g/mol. The lowest BCUT2D eigenvalue weighted by Crippen LogP contribution is -2.41. The summed E-state index contributed by atoms with van der Waals surface area (Å²) in [5.41, 5.74) is 2.98. The number of benzene rings is 1. The molecule has 28 heavy (non-hydrogen) atoms. The van der Waals surface area contributed by atoms with Gasteiger partial charge in [0.1, 0.15) is 6.61 Å². The van der Waals surface area contributed by atoms with Crippen molar-refractivity contribution in [3.63, 3.8) is 0 Å². The highest BCUT2D eigenvalue weighted by Crippen LogP contribution is 2.22. The summed E-state index contributed by atoms with van der Waals surface area (Å²) in [6.45, 7) is 6.35. The molecule has 2 N–H and O–H groups in total. The quantitative estimate of drug-likeness (QED) is 0.725. The summed E-state index contributed by atoms with van der Waals surface area (Å²) in [6.07, 6.45) is 2.55. The van der Waals surface area contributed by atoms with Crippen LogP contribution in [0.25, 0.3) is 0 Å². The fraction of sp³-hybridized carbons (Fsp3) is 0.381. The third-order valence-corrected chi connectivity index (χ3v) is 4.48. The van der Waals surface area contributed by atoms with Crippen molar-refractivity contribution in [1.82, 2.24) is 9.88 Å². The Labute approximate surface area is 166 Å². The molecule has 0 aliphatic heterocycles. The smallest absolute Gasteiger partial charge is 0.322 e. The van der Waals surface area contributed by atoms with Crippen molar-refractivity contribution in [3.8, 4) is 0 Å². The maximum absolute atomic E-state index is 13.0. The zero-order valence-corrected chi connectivity index (χ0v) is 16.9. The van der Waals surface area contributed by atoms with E-state index in [1.807, 2.05) is 45.0 Å². The number of carbonyl (C=O) groups excluding carboxylic acids is 2. The van der Waals surface area contributed by atoms with Crippen LogP contribution in [0.1, 0.15) is 31.5 Å². The summed E-state index contributed by atoms with van der Waals surface area (Å²) in [5.74, 6) is -0.250. The van der Waals surface area contributed by atoms with Crippen LogP contribution < -0.4 is 10.6 Å². The highest BCUT2D eigenvalue weighted by molar-refractivity contribution is 5.94. The molecule has 0 aliphatic carbocycles. The Hall–Kier alpha value is -2.93. The van der Waals surface area contributed by atoms with E-state index in [0.29, 0.717) is 17.9 Å². The van der Waals surface area contributed by atoms with Gasteiger partial charge in [0.2, 0.25) is 5.91 Å². The minimum absolute atomic E-state index is 0.0264. The topological polar surface area (TPSA) is 83.6 Å². The maximum atomic E-state index is 13.0. The van der Waals surface area contributed by atoms with Crippen LogP contribution in [0, 0.1) is 6.92 Å². The van der Waals surface area contributed by atoms with Crippen LogP contribution in [0.3, 0.4) is 0 Å². The molecule has 150 valence electrons. The Morgan fingerprint density at radius 1 is 1.21 bits per heavy atom. The van der Waals surface area contributed by atoms with E-state index < -0.39 is 0 Å². The second kappa shape index (κ2) is 10.4. The lowest BCUT2D eigenvalue weighted by atomic mass is 10.1. The van der Waals surface area contributed by atoms with E-state index in [1.54, 1.807) is 23.2 Å². The number of methoxy groups -OCH3 is 1. The van der Waals surface area contributed by atoms with Gasteiger partial charge in [0.15, 0.2) is 0 Å². The highest BCUT2D eigenvalue weighted by atomic mass is 16.5. The molecule has 1 aromatic carbocycles. The second-order valence-corrected chi connectivity index (χ2v) is 6.65. The molecule has 0 fully saturated rings. The first-order chi connectivity index (χ1) is 13.4. The molecule has 1 heterocycles. The number of nitrogens with one attached hydrogen (secondary N) is 2. The van der Waals surface area contributed by atoms with Crippen LogP contribution in [-0.2, 0) is 16.1 Å². The fourth-order valence-electron chi connectivity index (χ4n) is 2.66. The molecule has 0 aliphatic rings. The van der Waals surface area contributed by atoms with Crippen LogP contribution in [-0.4, -0.2) is 41.6 Å². The molecule has 2 rings (SSSR count). The van der Waals surface area contributed by atoms with Crippen molar-refractivity contribution < 1.29 is 14.3 Å². The van der Waals surface area contributed by atoms with Crippen LogP contribution in [0.4, 0.5) is 16.2 Å². The number of amides is 3. The Balaban J connectivity index is 2.16. The van der Waals surface area contributed by atoms with Gasteiger partial charge in [-0.1, -0.05) is 19.1 Å². The van der Waals surface area contributed by atoms with Crippen molar-refractivity contribution in [2.45, 2.75) is 39.8 Å². The standard InChI is InChI=1S/C21H28N4O3/c1-5-16(3)25(13-18-8-6-7-11-22-18)21(27)24-19-12-17(10-9-15(19)2)23-20(26)14-28-4/h6-12,16H,5,13-14H2,1-4H3,(H,23,26)(H,24,27). The summed E-state index contributed by atoms with van der Waals surface area (Å²) in [5, 5.41) is 5.72. The minimum atomic E-state index is -0.250. The number of ether oxygens (including phenoxy) is 1. The van der Waals surface area contributed by atoms with Gasteiger partial charge in [-0.3, -0.25) is 9.78 Å². The zero-order valence-electron chi connectivity index (χ0n) is 16.9. The number of aryl methyl sites for hydroxylation is 1.